The second kappa shape index (κ2) is 9.89. The Kier molecular flexibility index (Phi) is 6.98. The number of benzene rings is 2. The first kappa shape index (κ1) is 22.6. The molecule has 32 heavy (non-hydrogen) atoms. The number of nitrogens with zero attached hydrogens (tertiary/aromatic N) is 1. The van der Waals surface area contributed by atoms with E-state index >= 15 is 0 Å². The zero-order valence-corrected chi connectivity index (χ0v) is 19.5. The maximum atomic E-state index is 13.7. The summed E-state index contributed by atoms with van der Waals surface area (Å²) in [7, 11) is 0. The van der Waals surface area contributed by atoms with Crippen LogP contribution in [0.5, 0.6) is 0 Å². The van der Waals surface area contributed by atoms with E-state index in [-0.39, 0.29) is 23.9 Å². The van der Waals surface area contributed by atoms with E-state index in [0.717, 1.165) is 36.8 Å². The van der Waals surface area contributed by atoms with E-state index in [1.807, 2.05) is 54.3 Å². The fourth-order valence-corrected chi connectivity index (χ4v) is 5.48. The molecule has 1 aliphatic heterocycles. The quantitative estimate of drug-likeness (QED) is 0.630. The zero-order valence-electron chi connectivity index (χ0n) is 19.5. The summed E-state index contributed by atoms with van der Waals surface area (Å²) in [4.78, 5) is 29.3. The van der Waals surface area contributed by atoms with Crippen LogP contribution in [-0.4, -0.2) is 34.3 Å². The molecule has 2 unspecified atom stereocenters. The third-order valence-electron chi connectivity index (χ3n) is 7.35. The van der Waals surface area contributed by atoms with Crippen molar-refractivity contribution < 1.29 is 9.59 Å². The van der Waals surface area contributed by atoms with Crippen molar-refractivity contribution in [1.29, 1.82) is 0 Å². The molecule has 2 aromatic carbocycles. The molecular weight excluding hydrogens is 396 g/mol. The average molecular weight is 433 g/mol. The summed E-state index contributed by atoms with van der Waals surface area (Å²) < 4.78 is 0. The van der Waals surface area contributed by atoms with Crippen LogP contribution in [0.4, 0.5) is 0 Å². The van der Waals surface area contributed by atoms with Crippen molar-refractivity contribution in [3.05, 3.63) is 71.3 Å². The lowest BCUT2D eigenvalue weighted by Crippen LogP contribution is -2.65. The fraction of sp³-hybridized carbons (Fsp3) is 0.500. The molecule has 1 N–H and O–H groups in total. The highest BCUT2D eigenvalue weighted by Gasteiger charge is 2.48. The van der Waals surface area contributed by atoms with Gasteiger partial charge in [-0.1, -0.05) is 74.2 Å². The Bertz CT molecular complexity index is 933. The van der Waals surface area contributed by atoms with Gasteiger partial charge in [-0.2, -0.15) is 0 Å². The Labute approximate surface area is 192 Å². The van der Waals surface area contributed by atoms with Crippen molar-refractivity contribution in [2.24, 2.45) is 0 Å². The number of aryl methyl sites for hydroxylation is 1. The Morgan fingerprint density at radius 1 is 1.03 bits per heavy atom. The first-order valence-corrected chi connectivity index (χ1v) is 12.3. The van der Waals surface area contributed by atoms with Gasteiger partial charge >= 0.3 is 0 Å². The van der Waals surface area contributed by atoms with Crippen LogP contribution in [0.3, 0.4) is 0 Å². The van der Waals surface area contributed by atoms with Crippen LogP contribution in [-0.2, 0) is 17.6 Å². The van der Waals surface area contributed by atoms with Crippen LogP contribution in [0.2, 0.25) is 0 Å². The van der Waals surface area contributed by atoms with Crippen molar-refractivity contribution in [2.45, 2.75) is 89.3 Å². The SMILES string of the molecule is CC(CCc1ccccc1)N1C(=O)c2ccccc2CC1(C)C(=O)NC1CCCCCC1. The second-order valence-electron chi connectivity index (χ2n) is 9.82. The molecule has 170 valence electrons. The molecule has 1 heterocycles. The van der Waals surface area contributed by atoms with E-state index < -0.39 is 5.54 Å². The number of amides is 2. The minimum absolute atomic E-state index is 0.00110. The summed E-state index contributed by atoms with van der Waals surface area (Å²) in [6.45, 7) is 4.05. The number of rotatable bonds is 6. The molecule has 1 saturated carbocycles. The van der Waals surface area contributed by atoms with Gasteiger partial charge in [0.25, 0.3) is 5.91 Å². The fourth-order valence-electron chi connectivity index (χ4n) is 5.48. The molecule has 0 bridgehead atoms. The maximum absolute atomic E-state index is 13.7. The van der Waals surface area contributed by atoms with Crippen molar-refractivity contribution >= 4 is 11.8 Å². The summed E-state index contributed by atoms with van der Waals surface area (Å²) >= 11 is 0. The first-order chi connectivity index (χ1) is 15.5. The van der Waals surface area contributed by atoms with E-state index in [2.05, 4.69) is 24.4 Å². The number of carbonyl (C=O) groups is 2. The summed E-state index contributed by atoms with van der Waals surface area (Å²) in [5.74, 6) is -0.0234. The molecule has 0 spiro atoms. The normalized spacial score (nSPS) is 22.7. The van der Waals surface area contributed by atoms with Crippen molar-refractivity contribution in [3.8, 4) is 0 Å². The summed E-state index contributed by atoms with van der Waals surface area (Å²) in [6.07, 6.45) is 9.17. The summed E-state index contributed by atoms with van der Waals surface area (Å²) in [6, 6.07) is 18.3. The molecule has 2 aliphatic rings. The van der Waals surface area contributed by atoms with Gasteiger partial charge in [-0.05, 0) is 56.7 Å². The van der Waals surface area contributed by atoms with Crippen LogP contribution in [0.1, 0.15) is 80.3 Å². The summed E-state index contributed by atoms with van der Waals surface area (Å²) in [5, 5.41) is 3.35. The van der Waals surface area contributed by atoms with E-state index in [1.54, 1.807) is 0 Å². The van der Waals surface area contributed by atoms with Gasteiger partial charge in [-0.15, -0.1) is 0 Å². The lowest BCUT2D eigenvalue weighted by Gasteiger charge is -2.47. The minimum Gasteiger partial charge on any atom is -0.351 e. The molecule has 2 aromatic rings. The molecule has 0 aromatic heterocycles. The molecule has 4 heteroatoms. The molecular formula is C28H36N2O2. The van der Waals surface area contributed by atoms with E-state index in [0.29, 0.717) is 6.42 Å². The minimum atomic E-state index is -0.881. The Hall–Kier alpha value is -2.62. The third-order valence-corrected chi connectivity index (χ3v) is 7.35. The number of carbonyl (C=O) groups excluding carboxylic acids is 2. The molecule has 2 atom stereocenters. The van der Waals surface area contributed by atoms with Crippen LogP contribution >= 0.6 is 0 Å². The third kappa shape index (κ3) is 4.74. The van der Waals surface area contributed by atoms with Crippen LogP contribution in [0.25, 0.3) is 0 Å². The van der Waals surface area contributed by atoms with Gasteiger partial charge in [0, 0.05) is 24.1 Å². The van der Waals surface area contributed by atoms with E-state index in [4.69, 9.17) is 0 Å². The van der Waals surface area contributed by atoms with Crippen LogP contribution < -0.4 is 5.32 Å². The largest absolute Gasteiger partial charge is 0.351 e. The molecule has 4 rings (SSSR count). The monoisotopic (exact) mass is 432 g/mol. The average Bonchev–Trinajstić information content (AvgIpc) is 3.07. The topological polar surface area (TPSA) is 49.4 Å². The highest BCUT2D eigenvalue weighted by molar-refractivity contribution is 6.02. The standard InChI is InChI=1S/C28H36N2O2/c1-21(18-19-22-12-6-5-7-13-22)30-26(31)25-17-11-10-14-23(25)20-28(30,2)27(32)29-24-15-8-3-4-9-16-24/h5-7,10-14,17,21,24H,3-4,8-9,15-16,18-20H2,1-2H3,(H,29,32). The Morgan fingerprint density at radius 3 is 2.41 bits per heavy atom. The number of hydrogen-bond acceptors (Lipinski definition) is 2. The van der Waals surface area contributed by atoms with Gasteiger partial charge in [-0.3, -0.25) is 9.59 Å². The number of fused-ring (bicyclic) bond motifs is 1. The first-order valence-electron chi connectivity index (χ1n) is 12.3. The second-order valence-corrected chi connectivity index (χ2v) is 9.82. The smallest absolute Gasteiger partial charge is 0.255 e. The molecule has 0 saturated heterocycles. The van der Waals surface area contributed by atoms with Crippen molar-refractivity contribution in [2.75, 3.05) is 0 Å². The number of nitrogens with one attached hydrogen (secondary N) is 1. The summed E-state index contributed by atoms with van der Waals surface area (Å²) in [5.41, 5.74) is 2.09. The van der Waals surface area contributed by atoms with Crippen LogP contribution in [0, 0.1) is 0 Å². The lowest BCUT2D eigenvalue weighted by molar-refractivity contribution is -0.133. The highest BCUT2D eigenvalue weighted by atomic mass is 16.2. The molecule has 1 aliphatic carbocycles. The highest BCUT2D eigenvalue weighted by Crippen LogP contribution is 2.34. The van der Waals surface area contributed by atoms with Gasteiger partial charge in [-0.25, -0.2) is 0 Å². The zero-order chi connectivity index (χ0) is 22.6. The van der Waals surface area contributed by atoms with Crippen LogP contribution in [0.15, 0.2) is 54.6 Å². The van der Waals surface area contributed by atoms with Gasteiger partial charge in [0.2, 0.25) is 5.91 Å². The predicted octanol–water partition coefficient (Wildman–Crippen LogP) is 5.30. The molecule has 4 nitrogen and oxygen atoms in total. The lowest BCUT2D eigenvalue weighted by atomic mass is 9.81. The van der Waals surface area contributed by atoms with E-state index in [1.165, 1.54) is 31.2 Å². The molecule has 1 fully saturated rings. The maximum Gasteiger partial charge on any atom is 0.255 e. The Balaban J connectivity index is 1.59. The van der Waals surface area contributed by atoms with Crippen molar-refractivity contribution in [3.63, 3.8) is 0 Å². The Morgan fingerprint density at radius 2 is 1.69 bits per heavy atom. The number of hydrogen-bond donors (Lipinski definition) is 1. The molecule has 0 radical (unpaired) electrons. The predicted molar refractivity (Wildman–Crippen MR) is 129 cm³/mol. The van der Waals surface area contributed by atoms with Crippen molar-refractivity contribution in [1.82, 2.24) is 10.2 Å². The van der Waals surface area contributed by atoms with Gasteiger partial charge in [0.1, 0.15) is 5.54 Å². The van der Waals surface area contributed by atoms with Gasteiger partial charge < -0.3 is 10.2 Å². The molecule has 2 amide bonds. The van der Waals surface area contributed by atoms with Gasteiger partial charge in [0.05, 0.1) is 0 Å². The van der Waals surface area contributed by atoms with E-state index in [9.17, 15) is 9.59 Å². The van der Waals surface area contributed by atoms with Gasteiger partial charge in [0.15, 0.2) is 0 Å².